The summed E-state index contributed by atoms with van der Waals surface area (Å²) in [7, 11) is 0. The van der Waals surface area contributed by atoms with Gasteiger partial charge in [0.15, 0.2) is 24.6 Å². The number of aliphatic carboxylic acids is 1. The van der Waals surface area contributed by atoms with Gasteiger partial charge in [0, 0.05) is 19.3 Å². The third-order valence-electron chi connectivity index (χ3n) is 15.3. The van der Waals surface area contributed by atoms with Crippen LogP contribution >= 0.6 is 0 Å². The lowest BCUT2D eigenvalue weighted by molar-refractivity contribution is -0.301. The maximum atomic E-state index is 13.2. The maximum absolute atomic E-state index is 13.2. The Morgan fingerprint density at radius 2 is 0.759 bits per heavy atom. The predicted molar refractivity (Wildman–Crippen MR) is 340 cm³/mol. The molecule has 0 radical (unpaired) electrons. The molecule has 0 spiro atoms. The number of hydrogen-bond donors (Lipinski definition) is 3. The van der Waals surface area contributed by atoms with Crippen LogP contribution < -0.4 is 0 Å². The molecule has 12 nitrogen and oxygen atoms in total. The minimum atomic E-state index is -1.91. The van der Waals surface area contributed by atoms with Crippen LogP contribution in [0.15, 0.2) is 72.9 Å². The van der Waals surface area contributed by atoms with Gasteiger partial charge in [-0.3, -0.25) is 14.4 Å². The number of carboxylic acids is 1. The van der Waals surface area contributed by atoms with E-state index in [2.05, 4.69) is 93.7 Å². The van der Waals surface area contributed by atoms with Crippen molar-refractivity contribution in [2.45, 2.75) is 340 Å². The first-order valence-corrected chi connectivity index (χ1v) is 33.9. The van der Waals surface area contributed by atoms with Crippen LogP contribution in [0, 0.1) is 0 Å². The first-order chi connectivity index (χ1) is 40.6. The van der Waals surface area contributed by atoms with E-state index in [1.165, 1.54) is 116 Å². The number of hydrogen-bond acceptors (Lipinski definition) is 11. The normalized spacial score (nSPS) is 18.0. The highest BCUT2D eigenvalue weighted by Gasteiger charge is 2.50. The summed E-state index contributed by atoms with van der Waals surface area (Å²) in [5.41, 5.74) is 0. The molecule has 0 amide bonds. The molecule has 478 valence electrons. The van der Waals surface area contributed by atoms with Crippen LogP contribution in [0.3, 0.4) is 0 Å². The Kier molecular flexibility index (Phi) is 54.4. The molecule has 0 aromatic rings. The fraction of sp³-hybridized carbons (Fsp3) is 0.775. The molecule has 1 aliphatic rings. The summed E-state index contributed by atoms with van der Waals surface area (Å²) in [6.45, 7) is 5.88. The quantitative estimate of drug-likeness (QED) is 0.0228. The fourth-order valence-corrected chi connectivity index (χ4v) is 10.1. The van der Waals surface area contributed by atoms with Crippen LogP contribution in [0.4, 0.5) is 0 Å². The average Bonchev–Trinajstić information content (AvgIpc) is 3.58. The summed E-state index contributed by atoms with van der Waals surface area (Å²) >= 11 is 0. The van der Waals surface area contributed by atoms with E-state index in [1.54, 1.807) is 0 Å². The Morgan fingerprint density at radius 1 is 0.410 bits per heavy atom. The van der Waals surface area contributed by atoms with E-state index in [1.807, 2.05) is 0 Å². The Bertz CT molecular complexity index is 1720. The number of carbonyl (C=O) groups excluding carboxylic acids is 3. The standard InChI is InChI=1S/C71H122O12/c1-4-7-10-13-16-19-22-25-28-30-32-34-37-39-42-45-48-51-54-57-63(72)79-60-62(81-64(73)58-55-52-49-46-43-41-38-35-33-31-29-26-23-20-17-14-11-8-5-2)61-80-71-69(67(76)66(75)68(83-71)70(77)78)82-65(74)59-56-53-50-47-44-40-36-27-24-21-18-15-12-9-6-3/h7,10,16-17,19-20,25-26,28-29,32,34,62,66-69,71,75-76H,4-6,8-9,11-15,18,21-24,27,30-31,33,35-61H2,1-3H3,(H,77,78)/b10-7-,19-16-,20-17-,28-25-,29-26-,34-32-. The molecule has 1 saturated heterocycles. The monoisotopic (exact) mass is 1170 g/mol. The van der Waals surface area contributed by atoms with Crippen molar-refractivity contribution in [3.05, 3.63) is 72.9 Å². The van der Waals surface area contributed by atoms with Gasteiger partial charge in [0.2, 0.25) is 0 Å². The molecule has 0 saturated carbocycles. The minimum absolute atomic E-state index is 0.0610. The van der Waals surface area contributed by atoms with E-state index in [0.717, 1.165) is 128 Å². The van der Waals surface area contributed by atoms with E-state index in [9.17, 15) is 34.5 Å². The molecule has 6 atom stereocenters. The molecule has 0 aromatic heterocycles. The molecule has 0 aromatic carbocycles. The van der Waals surface area contributed by atoms with Crippen molar-refractivity contribution in [1.29, 1.82) is 0 Å². The fourth-order valence-electron chi connectivity index (χ4n) is 10.1. The molecule has 1 aliphatic heterocycles. The van der Waals surface area contributed by atoms with E-state index in [0.29, 0.717) is 19.3 Å². The van der Waals surface area contributed by atoms with Crippen molar-refractivity contribution < 1.29 is 58.2 Å². The number of esters is 3. The molecular weight excluding hydrogens is 1040 g/mol. The Morgan fingerprint density at radius 3 is 1.18 bits per heavy atom. The highest BCUT2D eigenvalue weighted by Crippen LogP contribution is 2.27. The average molecular weight is 1170 g/mol. The van der Waals surface area contributed by atoms with Crippen molar-refractivity contribution >= 4 is 23.9 Å². The van der Waals surface area contributed by atoms with E-state index >= 15 is 0 Å². The number of carbonyl (C=O) groups is 4. The second-order valence-corrected chi connectivity index (χ2v) is 23.1. The lowest BCUT2D eigenvalue weighted by Crippen LogP contribution is -2.61. The topological polar surface area (TPSA) is 175 Å². The van der Waals surface area contributed by atoms with E-state index < -0.39 is 67.3 Å². The molecule has 1 fully saturated rings. The number of carboxylic acid groups (broad SMARTS) is 1. The number of rotatable bonds is 58. The molecule has 83 heavy (non-hydrogen) atoms. The number of aliphatic hydroxyl groups excluding tert-OH is 2. The Balaban J connectivity index is 2.65. The summed E-state index contributed by atoms with van der Waals surface area (Å²) in [5.74, 6) is -3.12. The van der Waals surface area contributed by atoms with Crippen LogP contribution in [-0.2, 0) is 42.9 Å². The van der Waals surface area contributed by atoms with Crippen molar-refractivity contribution in [2.75, 3.05) is 13.2 Å². The number of unbranched alkanes of at least 4 members (excludes halogenated alkanes) is 32. The summed E-state index contributed by atoms with van der Waals surface area (Å²) in [4.78, 5) is 51.4. The third-order valence-corrected chi connectivity index (χ3v) is 15.3. The van der Waals surface area contributed by atoms with Crippen molar-refractivity contribution in [2.24, 2.45) is 0 Å². The number of aliphatic hydroxyl groups is 2. The van der Waals surface area contributed by atoms with Crippen molar-refractivity contribution in [1.82, 2.24) is 0 Å². The van der Waals surface area contributed by atoms with Crippen LogP contribution in [0.1, 0.15) is 303 Å². The predicted octanol–water partition coefficient (Wildman–Crippen LogP) is 18.5. The van der Waals surface area contributed by atoms with Crippen LogP contribution in [0.5, 0.6) is 0 Å². The molecule has 0 aliphatic carbocycles. The zero-order valence-corrected chi connectivity index (χ0v) is 52.9. The lowest BCUT2D eigenvalue weighted by Gasteiger charge is -2.40. The van der Waals surface area contributed by atoms with Gasteiger partial charge in [-0.25, -0.2) is 4.79 Å². The third kappa shape index (κ3) is 48.0. The summed E-state index contributed by atoms with van der Waals surface area (Å²) in [6.07, 6.45) is 62.8. The highest BCUT2D eigenvalue weighted by atomic mass is 16.7. The van der Waals surface area contributed by atoms with Gasteiger partial charge in [0.1, 0.15) is 18.8 Å². The number of ether oxygens (including phenoxy) is 5. The molecule has 3 N–H and O–H groups in total. The summed E-state index contributed by atoms with van der Waals surface area (Å²) in [6, 6.07) is 0. The van der Waals surface area contributed by atoms with Gasteiger partial charge in [0.05, 0.1) is 6.61 Å². The SMILES string of the molecule is CC/C=C\C/C=C\C/C=C\C/C=C\CCCCCCCCC(=O)OCC(COC1OC(C(=O)O)C(O)C(O)C1OC(=O)CCCCCCCCCCCCCCCCC)OC(=O)CCCCCCCCCCC/C=C\C/C=C\CCCCC. The largest absolute Gasteiger partial charge is 0.479 e. The maximum Gasteiger partial charge on any atom is 0.335 e. The van der Waals surface area contributed by atoms with Crippen LogP contribution in [-0.4, -0.2) is 89.2 Å². The summed E-state index contributed by atoms with van der Waals surface area (Å²) < 4.78 is 28.6. The van der Waals surface area contributed by atoms with Gasteiger partial charge < -0.3 is 39.0 Å². The molecule has 6 unspecified atom stereocenters. The van der Waals surface area contributed by atoms with Gasteiger partial charge in [0.25, 0.3) is 0 Å². The van der Waals surface area contributed by atoms with Gasteiger partial charge in [-0.2, -0.15) is 0 Å². The van der Waals surface area contributed by atoms with Crippen LogP contribution in [0.2, 0.25) is 0 Å². The molecular formula is C71H122O12. The minimum Gasteiger partial charge on any atom is -0.479 e. The highest BCUT2D eigenvalue weighted by molar-refractivity contribution is 5.74. The van der Waals surface area contributed by atoms with Gasteiger partial charge in [-0.15, -0.1) is 0 Å². The van der Waals surface area contributed by atoms with E-state index in [-0.39, 0.29) is 25.9 Å². The molecule has 0 bridgehead atoms. The second-order valence-electron chi connectivity index (χ2n) is 23.1. The molecule has 12 heteroatoms. The van der Waals surface area contributed by atoms with Gasteiger partial charge >= 0.3 is 23.9 Å². The lowest BCUT2D eigenvalue weighted by atomic mass is 9.98. The van der Waals surface area contributed by atoms with E-state index in [4.69, 9.17) is 23.7 Å². The molecule has 1 rings (SSSR count). The zero-order chi connectivity index (χ0) is 60.3. The second kappa shape index (κ2) is 58.5. The molecule has 1 heterocycles. The van der Waals surface area contributed by atoms with Crippen molar-refractivity contribution in [3.8, 4) is 0 Å². The Labute approximate surface area is 506 Å². The summed E-state index contributed by atoms with van der Waals surface area (Å²) in [5, 5.41) is 31.6. The zero-order valence-electron chi connectivity index (χ0n) is 52.9. The van der Waals surface area contributed by atoms with Gasteiger partial charge in [-0.05, 0) is 89.9 Å². The first kappa shape index (κ1) is 77.2. The first-order valence-electron chi connectivity index (χ1n) is 33.9. The van der Waals surface area contributed by atoms with Crippen molar-refractivity contribution in [3.63, 3.8) is 0 Å². The van der Waals surface area contributed by atoms with Gasteiger partial charge in [-0.1, -0.05) is 267 Å². The Hall–Kier alpha value is -3.84. The smallest absolute Gasteiger partial charge is 0.335 e. The van der Waals surface area contributed by atoms with Crippen LogP contribution in [0.25, 0.3) is 0 Å². The number of allylic oxidation sites excluding steroid dienone is 12.